The lowest BCUT2D eigenvalue weighted by Gasteiger charge is -2.34. The van der Waals surface area contributed by atoms with Gasteiger partial charge in [-0.25, -0.2) is 0 Å². The number of aromatic nitrogens is 1. The van der Waals surface area contributed by atoms with Gasteiger partial charge in [0.1, 0.15) is 5.76 Å². The van der Waals surface area contributed by atoms with E-state index in [-0.39, 0.29) is 5.91 Å². The zero-order valence-corrected chi connectivity index (χ0v) is 14.8. The molecule has 1 fully saturated rings. The van der Waals surface area contributed by atoms with Crippen LogP contribution in [0.5, 0.6) is 0 Å². The topological polar surface area (TPSA) is 58.4 Å². The molecule has 0 aromatic carbocycles. The number of piperidine rings is 1. The Balaban J connectivity index is 1.66. The molecule has 2 rings (SSSR count). The number of rotatable bonds is 6. The average molecular weight is 325 g/mol. The lowest BCUT2D eigenvalue weighted by molar-refractivity contribution is -0.119. The van der Waals surface area contributed by atoms with Gasteiger partial charge in [0.25, 0.3) is 0 Å². The third-order valence-electron chi connectivity index (χ3n) is 4.29. The quantitative estimate of drug-likeness (QED) is 0.871. The third kappa shape index (κ3) is 4.74. The van der Waals surface area contributed by atoms with Gasteiger partial charge in [0.05, 0.1) is 11.4 Å². The molecule has 0 unspecified atom stereocenters. The van der Waals surface area contributed by atoms with Gasteiger partial charge in [0.2, 0.25) is 5.91 Å². The molecule has 0 atom stereocenters. The monoisotopic (exact) mass is 325 g/mol. The van der Waals surface area contributed by atoms with E-state index in [0.717, 1.165) is 48.7 Å². The average Bonchev–Trinajstić information content (AvgIpc) is 2.79. The van der Waals surface area contributed by atoms with Crippen molar-refractivity contribution >= 4 is 17.7 Å². The summed E-state index contributed by atoms with van der Waals surface area (Å²) in [6.07, 6.45) is 2.11. The molecule has 5 nitrogen and oxygen atoms in total. The maximum atomic E-state index is 12.0. The van der Waals surface area contributed by atoms with E-state index in [9.17, 15) is 4.79 Å². The molecule has 1 N–H and O–H groups in total. The van der Waals surface area contributed by atoms with Crippen molar-refractivity contribution in [1.29, 1.82) is 0 Å². The molecule has 22 heavy (non-hydrogen) atoms. The van der Waals surface area contributed by atoms with Gasteiger partial charge in [-0.3, -0.25) is 4.79 Å². The van der Waals surface area contributed by atoms with E-state index in [1.165, 1.54) is 0 Å². The summed E-state index contributed by atoms with van der Waals surface area (Å²) in [5.74, 6) is 2.26. The van der Waals surface area contributed by atoms with Crippen LogP contribution in [0.25, 0.3) is 0 Å². The number of carbonyl (C=O) groups excluding carboxylic acids is 1. The zero-order valence-electron chi connectivity index (χ0n) is 14.0. The smallest absolute Gasteiger partial charge is 0.230 e. The Morgan fingerprint density at radius 2 is 2.09 bits per heavy atom. The van der Waals surface area contributed by atoms with Crippen molar-refractivity contribution in [2.45, 2.75) is 58.4 Å². The van der Waals surface area contributed by atoms with Crippen molar-refractivity contribution in [1.82, 2.24) is 15.4 Å². The van der Waals surface area contributed by atoms with E-state index in [1.807, 2.05) is 13.8 Å². The summed E-state index contributed by atoms with van der Waals surface area (Å²) in [5.41, 5.74) is 2.04. The highest BCUT2D eigenvalue weighted by atomic mass is 32.2. The lowest BCUT2D eigenvalue weighted by atomic mass is 10.0. The van der Waals surface area contributed by atoms with Crippen molar-refractivity contribution in [3.63, 3.8) is 0 Å². The Labute approximate surface area is 137 Å². The molecule has 1 aromatic rings. The summed E-state index contributed by atoms with van der Waals surface area (Å²) in [4.78, 5) is 14.5. The van der Waals surface area contributed by atoms with Crippen LogP contribution < -0.4 is 5.32 Å². The van der Waals surface area contributed by atoms with Gasteiger partial charge in [0.15, 0.2) is 0 Å². The number of thioether (sulfide) groups is 1. The Morgan fingerprint density at radius 3 is 2.64 bits per heavy atom. The molecular weight excluding hydrogens is 298 g/mol. The highest BCUT2D eigenvalue weighted by Crippen LogP contribution is 2.19. The Hall–Kier alpha value is -1.01. The van der Waals surface area contributed by atoms with Crippen molar-refractivity contribution in [3.05, 3.63) is 17.0 Å². The minimum Gasteiger partial charge on any atom is -0.361 e. The number of hydrogen-bond acceptors (Lipinski definition) is 5. The van der Waals surface area contributed by atoms with Crippen LogP contribution in [-0.2, 0) is 10.5 Å². The summed E-state index contributed by atoms with van der Waals surface area (Å²) in [6.45, 7) is 10.5. The fraction of sp³-hybridized carbons (Fsp3) is 0.750. The van der Waals surface area contributed by atoms with E-state index >= 15 is 0 Å². The van der Waals surface area contributed by atoms with Crippen molar-refractivity contribution in [2.24, 2.45) is 0 Å². The Morgan fingerprint density at radius 1 is 1.41 bits per heavy atom. The van der Waals surface area contributed by atoms with Gasteiger partial charge >= 0.3 is 0 Å². The predicted molar refractivity (Wildman–Crippen MR) is 90.0 cm³/mol. The van der Waals surface area contributed by atoms with Crippen molar-refractivity contribution < 1.29 is 9.32 Å². The van der Waals surface area contributed by atoms with Gasteiger partial charge < -0.3 is 14.7 Å². The van der Waals surface area contributed by atoms with Crippen LogP contribution in [0.3, 0.4) is 0 Å². The van der Waals surface area contributed by atoms with Crippen molar-refractivity contribution in [3.8, 4) is 0 Å². The largest absolute Gasteiger partial charge is 0.361 e. The molecule has 6 heteroatoms. The first-order valence-electron chi connectivity index (χ1n) is 8.00. The summed E-state index contributed by atoms with van der Waals surface area (Å²) in [6, 6.07) is 0.935. The van der Waals surface area contributed by atoms with Crippen LogP contribution in [0.4, 0.5) is 0 Å². The molecule has 0 spiro atoms. The van der Waals surface area contributed by atoms with Crippen LogP contribution >= 0.6 is 11.8 Å². The van der Waals surface area contributed by atoms with Gasteiger partial charge in [-0.2, -0.15) is 0 Å². The first-order chi connectivity index (χ1) is 10.5. The zero-order chi connectivity index (χ0) is 16.1. The Kier molecular flexibility index (Phi) is 6.32. The standard InChI is InChI=1S/C16H27N3O2S/c1-11(2)19-7-5-14(6-8-19)17-16(20)10-22-9-15-12(3)18-21-13(15)4/h11,14H,5-10H2,1-4H3,(H,17,20). The van der Waals surface area contributed by atoms with E-state index in [2.05, 4.69) is 29.2 Å². The molecule has 0 bridgehead atoms. The number of nitrogens with zero attached hydrogens (tertiary/aromatic N) is 2. The predicted octanol–water partition coefficient (Wildman–Crippen LogP) is 2.51. The summed E-state index contributed by atoms with van der Waals surface area (Å²) in [5, 5.41) is 7.10. The maximum Gasteiger partial charge on any atom is 0.230 e. The summed E-state index contributed by atoms with van der Waals surface area (Å²) >= 11 is 1.62. The molecule has 1 aliphatic rings. The SMILES string of the molecule is Cc1noc(C)c1CSCC(=O)NC1CCN(C(C)C)CC1. The molecule has 124 valence electrons. The molecule has 1 aromatic heterocycles. The van der Waals surface area contributed by atoms with E-state index in [0.29, 0.717) is 17.8 Å². The second kappa shape index (κ2) is 8.02. The number of carbonyl (C=O) groups is 1. The molecule has 0 aliphatic carbocycles. The summed E-state index contributed by atoms with van der Waals surface area (Å²) in [7, 11) is 0. The normalized spacial score (nSPS) is 17.1. The van der Waals surface area contributed by atoms with E-state index in [4.69, 9.17) is 4.52 Å². The lowest BCUT2D eigenvalue weighted by Crippen LogP contribution is -2.47. The van der Waals surface area contributed by atoms with Gasteiger partial charge in [-0.05, 0) is 40.5 Å². The molecule has 1 aliphatic heterocycles. The second-order valence-electron chi connectivity index (χ2n) is 6.27. The summed E-state index contributed by atoms with van der Waals surface area (Å²) < 4.78 is 5.14. The molecule has 1 saturated heterocycles. The van der Waals surface area contributed by atoms with Gasteiger partial charge in [-0.1, -0.05) is 5.16 Å². The minimum atomic E-state index is 0.139. The van der Waals surface area contributed by atoms with Crippen LogP contribution in [0.15, 0.2) is 4.52 Å². The number of aryl methyl sites for hydroxylation is 2. The minimum absolute atomic E-state index is 0.139. The fourth-order valence-electron chi connectivity index (χ4n) is 2.78. The van der Waals surface area contributed by atoms with Crippen LogP contribution in [0.1, 0.15) is 43.7 Å². The molecule has 0 saturated carbocycles. The second-order valence-corrected chi connectivity index (χ2v) is 7.25. The molecule has 0 radical (unpaired) electrons. The highest BCUT2D eigenvalue weighted by molar-refractivity contribution is 7.99. The van der Waals surface area contributed by atoms with Crippen LogP contribution in [-0.4, -0.2) is 46.9 Å². The molecule has 1 amide bonds. The highest BCUT2D eigenvalue weighted by Gasteiger charge is 2.22. The van der Waals surface area contributed by atoms with E-state index < -0.39 is 0 Å². The number of likely N-dealkylation sites (tertiary alicyclic amines) is 1. The van der Waals surface area contributed by atoms with E-state index in [1.54, 1.807) is 11.8 Å². The first-order valence-corrected chi connectivity index (χ1v) is 9.15. The van der Waals surface area contributed by atoms with Gasteiger partial charge in [0, 0.05) is 36.5 Å². The molecular formula is C16H27N3O2S. The maximum absolute atomic E-state index is 12.0. The number of hydrogen-bond donors (Lipinski definition) is 1. The Bertz CT molecular complexity index is 474. The van der Waals surface area contributed by atoms with Crippen molar-refractivity contribution in [2.75, 3.05) is 18.8 Å². The molecule has 2 heterocycles. The van der Waals surface area contributed by atoms with Crippen LogP contribution in [0, 0.1) is 13.8 Å². The third-order valence-corrected chi connectivity index (χ3v) is 5.24. The number of nitrogens with one attached hydrogen (secondary N) is 1. The van der Waals surface area contributed by atoms with Crippen LogP contribution in [0.2, 0.25) is 0 Å². The number of amides is 1. The first kappa shape index (κ1) is 17.3. The fourth-order valence-corrected chi connectivity index (χ4v) is 3.77. The van der Waals surface area contributed by atoms with Gasteiger partial charge in [-0.15, -0.1) is 11.8 Å².